The molecule has 0 unspecified atom stereocenters. The summed E-state index contributed by atoms with van der Waals surface area (Å²) < 4.78 is 19.1. The van der Waals surface area contributed by atoms with Crippen molar-refractivity contribution in [3.8, 4) is 22.8 Å². The number of nitrogens with one attached hydrogen (secondary N) is 1. The summed E-state index contributed by atoms with van der Waals surface area (Å²) in [7, 11) is 0. The number of oxazole rings is 1. The summed E-state index contributed by atoms with van der Waals surface area (Å²) in [5, 5.41) is 3.07. The molecular formula is C26H23FN2O2. The first-order valence-electron chi connectivity index (χ1n) is 10.3. The summed E-state index contributed by atoms with van der Waals surface area (Å²) in [6.07, 6.45) is 3.32. The molecule has 1 atom stereocenters. The summed E-state index contributed by atoms with van der Waals surface area (Å²) >= 11 is 0. The molecule has 0 bridgehead atoms. The van der Waals surface area contributed by atoms with Gasteiger partial charge in [0.2, 0.25) is 5.89 Å². The van der Waals surface area contributed by atoms with Crippen molar-refractivity contribution in [2.75, 3.05) is 0 Å². The molecule has 0 aliphatic carbocycles. The van der Waals surface area contributed by atoms with Gasteiger partial charge in [0, 0.05) is 17.2 Å². The second-order valence-electron chi connectivity index (χ2n) is 7.48. The minimum atomic E-state index is -0.313. The quantitative estimate of drug-likeness (QED) is 0.410. The first-order valence-corrected chi connectivity index (χ1v) is 10.3. The second kappa shape index (κ2) is 9.39. The van der Waals surface area contributed by atoms with Crippen molar-refractivity contribution in [2.45, 2.75) is 25.8 Å². The average Bonchev–Trinajstić information content (AvgIpc) is 3.29. The highest BCUT2D eigenvalue weighted by molar-refractivity contribution is 6.00. The Hall–Kier alpha value is -3.73. The van der Waals surface area contributed by atoms with Gasteiger partial charge < -0.3 is 9.73 Å². The van der Waals surface area contributed by atoms with Crippen LogP contribution in [0.5, 0.6) is 0 Å². The van der Waals surface area contributed by atoms with Gasteiger partial charge in [-0.25, -0.2) is 9.37 Å². The molecule has 0 radical (unpaired) electrons. The fourth-order valence-corrected chi connectivity index (χ4v) is 3.42. The van der Waals surface area contributed by atoms with Crippen LogP contribution < -0.4 is 5.32 Å². The maximum atomic E-state index is 13.2. The Kier molecular flexibility index (Phi) is 6.22. The van der Waals surface area contributed by atoms with Gasteiger partial charge in [-0.2, -0.15) is 0 Å². The molecule has 5 heteroatoms. The Morgan fingerprint density at radius 1 is 1.00 bits per heavy atom. The molecule has 4 nitrogen and oxygen atoms in total. The van der Waals surface area contributed by atoms with Crippen molar-refractivity contribution in [2.24, 2.45) is 0 Å². The van der Waals surface area contributed by atoms with Crippen LogP contribution >= 0.6 is 0 Å². The van der Waals surface area contributed by atoms with Crippen LogP contribution in [0, 0.1) is 5.82 Å². The minimum absolute atomic E-state index is 0.0140. The number of carbonyl (C=O) groups is 1. The maximum Gasteiger partial charge on any atom is 0.252 e. The monoisotopic (exact) mass is 414 g/mol. The maximum absolute atomic E-state index is 13.2. The van der Waals surface area contributed by atoms with E-state index in [1.807, 2.05) is 43.3 Å². The smallest absolute Gasteiger partial charge is 0.252 e. The molecule has 1 amide bonds. The van der Waals surface area contributed by atoms with Gasteiger partial charge in [0.1, 0.15) is 5.82 Å². The number of aromatic nitrogens is 1. The molecule has 156 valence electrons. The third kappa shape index (κ3) is 5.07. The highest BCUT2D eigenvalue weighted by atomic mass is 19.1. The molecule has 0 aliphatic heterocycles. The van der Waals surface area contributed by atoms with E-state index in [-0.39, 0.29) is 17.8 Å². The Labute approximate surface area is 180 Å². The number of carbonyl (C=O) groups excluding carboxylic acids is 1. The van der Waals surface area contributed by atoms with Gasteiger partial charge in [0.25, 0.3) is 5.91 Å². The molecule has 0 spiro atoms. The third-order valence-electron chi connectivity index (χ3n) is 5.12. The van der Waals surface area contributed by atoms with Gasteiger partial charge in [-0.05, 0) is 61.7 Å². The van der Waals surface area contributed by atoms with Crippen LogP contribution in [-0.4, -0.2) is 16.9 Å². The Bertz CT molecular complexity index is 1150. The van der Waals surface area contributed by atoms with Gasteiger partial charge in [-0.1, -0.05) is 42.5 Å². The number of amides is 1. The van der Waals surface area contributed by atoms with Crippen LogP contribution in [0.15, 0.2) is 89.5 Å². The summed E-state index contributed by atoms with van der Waals surface area (Å²) in [6, 6.07) is 23.5. The molecule has 4 aromatic rings. The number of halogens is 1. The third-order valence-corrected chi connectivity index (χ3v) is 5.12. The lowest BCUT2D eigenvalue weighted by Gasteiger charge is -2.15. The molecule has 4 rings (SSSR count). The molecule has 1 aromatic heterocycles. The standard InChI is InChI=1S/C26H23FN2O2/c1-18(11-12-19-7-3-2-4-8-19)29-25(30)22-9-5-6-10-23(22)26-28-17-24(31-26)20-13-15-21(27)16-14-20/h2-10,13-18H,11-12H2,1H3,(H,29,30)/t18-/m1/s1. The van der Waals surface area contributed by atoms with Gasteiger partial charge in [0.05, 0.1) is 11.8 Å². The zero-order valence-corrected chi connectivity index (χ0v) is 17.2. The van der Waals surface area contributed by atoms with E-state index >= 15 is 0 Å². The van der Waals surface area contributed by atoms with Crippen molar-refractivity contribution in [1.29, 1.82) is 0 Å². The zero-order valence-electron chi connectivity index (χ0n) is 17.2. The van der Waals surface area contributed by atoms with Gasteiger partial charge >= 0.3 is 0 Å². The highest BCUT2D eigenvalue weighted by Crippen LogP contribution is 2.28. The Balaban J connectivity index is 1.48. The SMILES string of the molecule is C[C@H](CCc1ccccc1)NC(=O)c1ccccc1-c1ncc(-c2ccc(F)cc2)o1. The number of rotatable bonds is 7. The molecule has 3 aromatic carbocycles. The van der Waals surface area contributed by atoms with E-state index in [2.05, 4.69) is 22.4 Å². The molecular weight excluding hydrogens is 391 g/mol. The number of hydrogen-bond donors (Lipinski definition) is 1. The first-order chi connectivity index (χ1) is 15.1. The second-order valence-corrected chi connectivity index (χ2v) is 7.48. The predicted octanol–water partition coefficient (Wildman–Crippen LogP) is 5.90. The van der Waals surface area contributed by atoms with E-state index in [0.29, 0.717) is 22.8 Å². The zero-order chi connectivity index (χ0) is 21.6. The first kappa shape index (κ1) is 20.5. The lowest BCUT2D eigenvalue weighted by atomic mass is 10.0. The van der Waals surface area contributed by atoms with Crippen LogP contribution in [0.4, 0.5) is 4.39 Å². The highest BCUT2D eigenvalue weighted by Gasteiger charge is 2.18. The molecule has 1 heterocycles. The van der Waals surface area contributed by atoms with Crippen molar-refractivity contribution in [3.05, 3.63) is 102 Å². The number of nitrogens with zero attached hydrogens (tertiary/aromatic N) is 1. The predicted molar refractivity (Wildman–Crippen MR) is 119 cm³/mol. The largest absolute Gasteiger partial charge is 0.436 e. The van der Waals surface area contributed by atoms with E-state index in [0.717, 1.165) is 18.4 Å². The summed E-state index contributed by atoms with van der Waals surface area (Å²) in [5.74, 6) is 0.382. The molecule has 0 saturated heterocycles. The lowest BCUT2D eigenvalue weighted by Crippen LogP contribution is -2.33. The molecule has 0 fully saturated rings. The molecule has 31 heavy (non-hydrogen) atoms. The van der Waals surface area contributed by atoms with Crippen LogP contribution in [0.25, 0.3) is 22.8 Å². The van der Waals surface area contributed by atoms with E-state index in [1.54, 1.807) is 24.4 Å². The number of hydrogen-bond acceptors (Lipinski definition) is 3. The molecule has 1 N–H and O–H groups in total. The average molecular weight is 414 g/mol. The fraction of sp³-hybridized carbons (Fsp3) is 0.154. The topological polar surface area (TPSA) is 55.1 Å². The summed E-state index contributed by atoms with van der Waals surface area (Å²) in [6.45, 7) is 2.00. The lowest BCUT2D eigenvalue weighted by molar-refractivity contribution is 0.0939. The van der Waals surface area contributed by atoms with Crippen LogP contribution in [-0.2, 0) is 6.42 Å². The van der Waals surface area contributed by atoms with E-state index in [9.17, 15) is 9.18 Å². The summed E-state index contributed by atoms with van der Waals surface area (Å²) in [4.78, 5) is 17.3. The fourth-order valence-electron chi connectivity index (χ4n) is 3.42. The number of aryl methyl sites for hydroxylation is 1. The Morgan fingerprint density at radius 2 is 1.71 bits per heavy atom. The van der Waals surface area contributed by atoms with Crippen molar-refractivity contribution in [3.63, 3.8) is 0 Å². The summed E-state index contributed by atoms with van der Waals surface area (Å²) in [5.41, 5.74) is 3.08. The normalized spacial score (nSPS) is 11.8. The van der Waals surface area contributed by atoms with Crippen molar-refractivity contribution >= 4 is 5.91 Å². The number of benzene rings is 3. The van der Waals surface area contributed by atoms with E-state index in [4.69, 9.17) is 4.42 Å². The van der Waals surface area contributed by atoms with Gasteiger partial charge in [0.15, 0.2) is 5.76 Å². The van der Waals surface area contributed by atoms with Crippen LogP contribution in [0.2, 0.25) is 0 Å². The van der Waals surface area contributed by atoms with E-state index in [1.165, 1.54) is 17.7 Å². The van der Waals surface area contributed by atoms with Crippen LogP contribution in [0.3, 0.4) is 0 Å². The minimum Gasteiger partial charge on any atom is -0.436 e. The molecule has 0 saturated carbocycles. The van der Waals surface area contributed by atoms with Crippen molar-refractivity contribution < 1.29 is 13.6 Å². The molecule has 0 aliphatic rings. The van der Waals surface area contributed by atoms with Gasteiger partial charge in [-0.3, -0.25) is 4.79 Å². The van der Waals surface area contributed by atoms with Crippen molar-refractivity contribution in [1.82, 2.24) is 10.3 Å². The van der Waals surface area contributed by atoms with Gasteiger partial charge in [-0.15, -0.1) is 0 Å². The van der Waals surface area contributed by atoms with E-state index < -0.39 is 0 Å². The Morgan fingerprint density at radius 3 is 2.48 bits per heavy atom. The van der Waals surface area contributed by atoms with Crippen LogP contribution in [0.1, 0.15) is 29.3 Å².